The first-order valence-electron chi connectivity index (χ1n) is 6.69. The normalized spacial score (nSPS) is 9.91. The van der Waals surface area contributed by atoms with Crippen molar-refractivity contribution in [1.82, 2.24) is 0 Å². The van der Waals surface area contributed by atoms with Crippen LogP contribution in [0, 0.1) is 5.82 Å². The second-order valence-corrected chi connectivity index (χ2v) is 4.37. The van der Waals surface area contributed by atoms with Crippen LogP contribution in [-0.2, 0) is 9.59 Å². The summed E-state index contributed by atoms with van der Waals surface area (Å²) in [5.74, 6) is -1.39. The van der Waals surface area contributed by atoms with Crippen molar-refractivity contribution >= 4 is 23.2 Å². The molecule has 0 radical (unpaired) electrons. The fourth-order valence-corrected chi connectivity index (χ4v) is 1.71. The quantitative estimate of drug-likeness (QED) is 0.853. The highest BCUT2D eigenvalue weighted by Gasteiger charge is 2.14. The third-order valence-corrected chi connectivity index (χ3v) is 2.73. The van der Waals surface area contributed by atoms with E-state index in [1.54, 1.807) is 24.3 Å². The first kappa shape index (κ1) is 15.5. The second kappa shape index (κ2) is 7.21. The van der Waals surface area contributed by atoms with E-state index in [-0.39, 0.29) is 0 Å². The molecule has 0 spiro atoms. The number of rotatable bonds is 4. The Balaban J connectivity index is 1.93. The summed E-state index contributed by atoms with van der Waals surface area (Å²) in [6.45, 7) is 2.42. The van der Waals surface area contributed by atoms with Gasteiger partial charge in [0.15, 0.2) is 0 Å². The standard InChI is InChI=1S/C16H15FN2O3/c1-2-22-14-9-7-13(8-10-14)19-16(21)15(20)18-12-5-3-11(17)4-6-12/h3-10H,2H2,1H3,(H,18,20)(H,19,21). The van der Waals surface area contributed by atoms with E-state index in [1.165, 1.54) is 24.3 Å². The van der Waals surface area contributed by atoms with Gasteiger partial charge in [-0.25, -0.2) is 4.39 Å². The highest BCUT2D eigenvalue weighted by molar-refractivity contribution is 6.43. The summed E-state index contributed by atoms with van der Waals surface area (Å²) in [5.41, 5.74) is 0.816. The number of anilines is 2. The molecule has 0 fully saturated rings. The monoisotopic (exact) mass is 302 g/mol. The van der Waals surface area contributed by atoms with Gasteiger partial charge in [0.2, 0.25) is 0 Å². The summed E-state index contributed by atoms with van der Waals surface area (Å²) in [4.78, 5) is 23.5. The third kappa shape index (κ3) is 4.31. The lowest BCUT2D eigenvalue weighted by molar-refractivity contribution is -0.132. The highest BCUT2D eigenvalue weighted by Crippen LogP contribution is 2.15. The summed E-state index contributed by atoms with van der Waals surface area (Å²) >= 11 is 0. The molecule has 2 aromatic carbocycles. The highest BCUT2D eigenvalue weighted by atomic mass is 19.1. The molecule has 114 valence electrons. The smallest absolute Gasteiger partial charge is 0.314 e. The Kier molecular flexibility index (Phi) is 5.08. The van der Waals surface area contributed by atoms with Crippen LogP contribution in [0.25, 0.3) is 0 Å². The Morgan fingerprint density at radius 3 is 1.82 bits per heavy atom. The van der Waals surface area contributed by atoms with Crippen molar-refractivity contribution < 1.29 is 18.7 Å². The fourth-order valence-electron chi connectivity index (χ4n) is 1.71. The van der Waals surface area contributed by atoms with Crippen molar-refractivity contribution in [2.75, 3.05) is 17.2 Å². The molecule has 0 bridgehead atoms. The van der Waals surface area contributed by atoms with E-state index in [0.29, 0.717) is 23.7 Å². The van der Waals surface area contributed by atoms with Crippen LogP contribution in [0.5, 0.6) is 5.75 Å². The lowest BCUT2D eigenvalue weighted by Gasteiger charge is -2.07. The maximum absolute atomic E-state index is 12.8. The molecule has 0 aliphatic rings. The zero-order chi connectivity index (χ0) is 15.9. The molecular formula is C16H15FN2O3. The van der Waals surface area contributed by atoms with Gasteiger partial charge in [0.05, 0.1) is 6.61 Å². The fraction of sp³-hybridized carbons (Fsp3) is 0.125. The summed E-state index contributed by atoms with van der Waals surface area (Å²) < 4.78 is 18.0. The largest absolute Gasteiger partial charge is 0.494 e. The molecule has 0 saturated carbocycles. The molecule has 0 aliphatic carbocycles. The Labute approximate surface area is 127 Å². The Hall–Kier alpha value is -2.89. The number of benzene rings is 2. The van der Waals surface area contributed by atoms with Crippen LogP contribution in [-0.4, -0.2) is 18.4 Å². The van der Waals surface area contributed by atoms with Crippen LogP contribution in [0.3, 0.4) is 0 Å². The molecule has 2 N–H and O–H groups in total. The summed E-state index contributed by atoms with van der Waals surface area (Å²) in [5, 5.41) is 4.84. The van der Waals surface area contributed by atoms with E-state index >= 15 is 0 Å². The Morgan fingerprint density at radius 1 is 0.909 bits per heavy atom. The summed E-state index contributed by atoms with van der Waals surface area (Å²) in [6.07, 6.45) is 0. The SMILES string of the molecule is CCOc1ccc(NC(=O)C(=O)Nc2ccc(F)cc2)cc1. The van der Waals surface area contributed by atoms with Gasteiger partial charge in [0.25, 0.3) is 0 Å². The van der Waals surface area contributed by atoms with E-state index in [4.69, 9.17) is 4.74 Å². The molecule has 0 atom stereocenters. The molecule has 2 aromatic rings. The number of nitrogens with one attached hydrogen (secondary N) is 2. The second-order valence-electron chi connectivity index (χ2n) is 4.37. The number of halogens is 1. The first-order valence-corrected chi connectivity index (χ1v) is 6.69. The molecule has 0 heterocycles. The van der Waals surface area contributed by atoms with E-state index in [1.807, 2.05) is 6.92 Å². The molecule has 0 saturated heterocycles. The van der Waals surface area contributed by atoms with Crippen LogP contribution in [0.1, 0.15) is 6.92 Å². The van der Waals surface area contributed by atoms with Crippen LogP contribution >= 0.6 is 0 Å². The van der Waals surface area contributed by atoms with Crippen LogP contribution in [0.4, 0.5) is 15.8 Å². The van der Waals surface area contributed by atoms with Gasteiger partial charge in [-0.05, 0) is 55.5 Å². The molecule has 22 heavy (non-hydrogen) atoms. The zero-order valence-corrected chi connectivity index (χ0v) is 11.9. The molecule has 0 aromatic heterocycles. The van der Waals surface area contributed by atoms with Crippen molar-refractivity contribution in [2.45, 2.75) is 6.92 Å². The van der Waals surface area contributed by atoms with Gasteiger partial charge in [0, 0.05) is 11.4 Å². The van der Waals surface area contributed by atoms with Crippen molar-refractivity contribution in [3.05, 3.63) is 54.3 Å². The number of amides is 2. The maximum atomic E-state index is 12.8. The van der Waals surface area contributed by atoms with Crippen LogP contribution in [0.15, 0.2) is 48.5 Å². The van der Waals surface area contributed by atoms with Gasteiger partial charge in [-0.15, -0.1) is 0 Å². The molecule has 5 nitrogen and oxygen atoms in total. The summed E-state index contributed by atoms with van der Waals surface area (Å²) in [7, 11) is 0. The van der Waals surface area contributed by atoms with Crippen molar-refractivity contribution in [1.29, 1.82) is 0 Å². The van der Waals surface area contributed by atoms with Crippen LogP contribution in [0.2, 0.25) is 0 Å². The van der Waals surface area contributed by atoms with Gasteiger partial charge in [-0.1, -0.05) is 0 Å². The van der Waals surface area contributed by atoms with E-state index < -0.39 is 17.6 Å². The first-order chi connectivity index (χ1) is 10.6. The predicted molar refractivity (Wildman–Crippen MR) is 81.3 cm³/mol. The van der Waals surface area contributed by atoms with Crippen molar-refractivity contribution in [3.8, 4) is 5.75 Å². The maximum Gasteiger partial charge on any atom is 0.314 e. The number of carbonyl (C=O) groups is 2. The van der Waals surface area contributed by atoms with Gasteiger partial charge in [-0.2, -0.15) is 0 Å². The Bertz CT molecular complexity index is 654. The van der Waals surface area contributed by atoms with Gasteiger partial charge in [0.1, 0.15) is 11.6 Å². The summed E-state index contributed by atoms with van der Waals surface area (Å²) in [6, 6.07) is 11.8. The molecule has 6 heteroatoms. The lowest BCUT2D eigenvalue weighted by Crippen LogP contribution is -2.29. The number of hydrogen-bond donors (Lipinski definition) is 2. The minimum Gasteiger partial charge on any atom is -0.494 e. The number of hydrogen-bond acceptors (Lipinski definition) is 3. The van der Waals surface area contributed by atoms with Gasteiger partial charge < -0.3 is 15.4 Å². The zero-order valence-electron chi connectivity index (χ0n) is 11.9. The third-order valence-electron chi connectivity index (χ3n) is 2.73. The average Bonchev–Trinajstić information content (AvgIpc) is 2.51. The molecule has 2 rings (SSSR count). The Morgan fingerprint density at radius 2 is 1.36 bits per heavy atom. The molecule has 0 aliphatic heterocycles. The average molecular weight is 302 g/mol. The van der Waals surface area contributed by atoms with E-state index in [9.17, 15) is 14.0 Å². The van der Waals surface area contributed by atoms with Gasteiger partial charge in [-0.3, -0.25) is 9.59 Å². The van der Waals surface area contributed by atoms with E-state index in [0.717, 1.165) is 0 Å². The van der Waals surface area contributed by atoms with Crippen LogP contribution < -0.4 is 15.4 Å². The van der Waals surface area contributed by atoms with Gasteiger partial charge >= 0.3 is 11.8 Å². The predicted octanol–water partition coefficient (Wildman–Crippen LogP) is 2.80. The number of ether oxygens (including phenoxy) is 1. The van der Waals surface area contributed by atoms with E-state index in [2.05, 4.69) is 10.6 Å². The molecule has 0 unspecified atom stereocenters. The lowest BCUT2D eigenvalue weighted by atomic mass is 10.3. The van der Waals surface area contributed by atoms with Crippen molar-refractivity contribution in [3.63, 3.8) is 0 Å². The molecular weight excluding hydrogens is 287 g/mol. The minimum absolute atomic E-state index is 0.341. The number of carbonyl (C=O) groups excluding carboxylic acids is 2. The topological polar surface area (TPSA) is 67.4 Å². The minimum atomic E-state index is -0.833. The molecule has 2 amide bonds. The van der Waals surface area contributed by atoms with Crippen molar-refractivity contribution in [2.24, 2.45) is 0 Å².